The van der Waals surface area contributed by atoms with Crippen LogP contribution in [0.4, 0.5) is 5.69 Å². The molecule has 0 saturated heterocycles. The zero-order valence-corrected chi connectivity index (χ0v) is 7.66. The Kier molecular flexibility index (Phi) is 1.70. The Balaban J connectivity index is 2.90. The number of nitrogens with two attached hydrogens (primary N) is 1. The molecule has 4 nitrogen and oxygen atoms in total. The van der Waals surface area contributed by atoms with Gasteiger partial charge in [0.1, 0.15) is 0 Å². The smallest absolute Gasteiger partial charge is 0.338 e. The second kappa shape index (κ2) is 2.77. The Hall–Kier alpha value is -1.97. The molecule has 1 heterocycles. The quantitative estimate of drug-likeness (QED) is 0.599. The number of aromatic carboxylic acids is 1. The van der Waals surface area contributed by atoms with Gasteiger partial charge in [-0.25, -0.2) is 4.79 Å². The molecular formula is C10H10N2O2. The minimum Gasteiger partial charge on any atom is -0.478 e. The number of aromatic amines is 1. The molecule has 4 heteroatoms. The van der Waals surface area contributed by atoms with Crippen molar-refractivity contribution in [2.75, 3.05) is 5.73 Å². The van der Waals surface area contributed by atoms with Crippen LogP contribution in [-0.4, -0.2) is 16.1 Å². The Morgan fingerprint density at radius 3 is 2.86 bits per heavy atom. The van der Waals surface area contributed by atoms with Crippen molar-refractivity contribution >= 4 is 22.6 Å². The number of aryl methyl sites for hydroxylation is 1. The summed E-state index contributed by atoms with van der Waals surface area (Å²) in [6, 6.07) is 5.24. The first-order valence-corrected chi connectivity index (χ1v) is 4.21. The van der Waals surface area contributed by atoms with Crippen LogP contribution in [0.15, 0.2) is 18.2 Å². The lowest BCUT2D eigenvalue weighted by Gasteiger charge is -1.95. The molecule has 0 fully saturated rings. The van der Waals surface area contributed by atoms with Crippen molar-refractivity contribution in [1.29, 1.82) is 0 Å². The normalized spacial score (nSPS) is 10.6. The van der Waals surface area contributed by atoms with Crippen LogP contribution in [-0.2, 0) is 0 Å². The minimum absolute atomic E-state index is 0.298. The molecule has 0 radical (unpaired) electrons. The van der Waals surface area contributed by atoms with Crippen molar-refractivity contribution in [3.63, 3.8) is 0 Å². The Labute approximate surface area is 80.3 Å². The molecule has 0 aliphatic rings. The van der Waals surface area contributed by atoms with Gasteiger partial charge in [-0.2, -0.15) is 0 Å². The molecule has 1 aromatic heterocycles. The molecule has 2 rings (SSSR count). The van der Waals surface area contributed by atoms with Gasteiger partial charge in [-0.15, -0.1) is 0 Å². The van der Waals surface area contributed by atoms with Gasteiger partial charge in [0.05, 0.1) is 16.8 Å². The third-order valence-electron chi connectivity index (χ3n) is 2.27. The molecule has 1 aromatic carbocycles. The van der Waals surface area contributed by atoms with Gasteiger partial charge in [0.15, 0.2) is 0 Å². The summed E-state index contributed by atoms with van der Waals surface area (Å²) in [5.41, 5.74) is 7.91. The summed E-state index contributed by atoms with van der Waals surface area (Å²) in [6.45, 7) is 1.73. The first-order valence-electron chi connectivity index (χ1n) is 4.21. The number of fused-ring (bicyclic) bond motifs is 1. The summed E-state index contributed by atoms with van der Waals surface area (Å²) in [7, 11) is 0. The summed E-state index contributed by atoms with van der Waals surface area (Å²) >= 11 is 0. The fourth-order valence-corrected chi connectivity index (χ4v) is 1.65. The van der Waals surface area contributed by atoms with E-state index < -0.39 is 5.97 Å². The van der Waals surface area contributed by atoms with Gasteiger partial charge < -0.3 is 15.8 Å². The maximum Gasteiger partial charge on any atom is 0.338 e. The van der Waals surface area contributed by atoms with E-state index in [9.17, 15) is 4.79 Å². The van der Waals surface area contributed by atoms with Crippen LogP contribution >= 0.6 is 0 Å². The van der Waals surface area contributed by atoms with E-state index in [0.717, 1.165) is 0 Å². The van der Waals surface area contributed by atoms with Gasteiger partial charge >= 0.3 is 5.97 Å². The van der Waals surface area contributed by atoms with Crippen LogP contribution in [0.1, 0.15) is 16.1 Å². The maximum absolute atomic E-state index is 10.9. The summed E-state index contributed by atoms with van der Waals surface area (Å²) in [4.78, 5) is 13.9. The molecule has 0 atom stereocenters. The third-order valence-corrected chi connectivity index (χ3v) is 2.27. The predicted octanol–water partition coefficient (Wildman–Crippen LogP) is 1.76. The number of rotatable bonds is 1. The van der Waals surface area contributed by atoms with Crippen molar-refractivity contribution in [3.8, 4) is 0 Å². The summed E-state index contributed by atoms with van der Waals surface area (Å²) in [5.74, 6) is -0.931. The van der Waals surface area contributed by atoms with Crippen LogP contribution in [0, 0.1) is 6.92 Å². The number of carboxylic acid groups (broad SMARTS) is 1. The number of carboxylic acids is 1. The fourth-order valence-electron chi connectivity index (χ4n) is 1.65. The van der Waals surface area contributed by atoms with Gasteiger partial charge in [-0.1, -0.05) is 12.1 Å². The van der Waals surface area contributed by atoms with E-state index in [1.807, 2.05) is 0 Å². The number of benzene rings is 1. The van der Waals surface area contributed by atoms with Crippen molar-refractivity contribution in [1.82, 2.24) is 4.98 Å². The molecule has 4 N–H and O–H groups in total. The van der Waals surface area contributed by atoms with Gasteiger partial charge in [0.2, 0.25) is 0 Å². The highest BCUT2D eigenvalue weighted by Gasteiger charge is 2.15. The number of carbonyl (C=O) groups is 1. The first-order chi connectivity index (χ1) is 6.61. The third kappa shape index (κ3) is 1.04. The molecule has 14 heavy (non-hydrogen) atoms. The average Bonchev–Trinajstić information content (AvgIpc) is 2.42. The highest BCUT2D eigenvalue weighted by Crippen LogP contribution is 2.25. The second-order valence-electron chi connectivity index (χ2n) is 3.20. The zero-order chi connectivity index (χ0) is 10.3. The van der Waals surface area contributed by atoms with E-state index in [1.165, 1.54) is 0 Å². The van der Waals surface area contributed by atoms with E-state index in [2.05, 4.69) is 4.98 Å². The summed E-state index contributed by atoms with van der Waals surface area (Å²) in [5, 5.41) is 9.64. The van der Waals surface area contributed by atoms with Gasteiger partial charge in [0, 0.05) is 11.1 Å². The molecule has 0 spiro atoms. The first kappa shape index (κ1) is 8.62. The SMILES string of the molecule is Cc1[nH]c2c(N)cccc2c1C(=O)O. The molecule has 2 aromatic rings. The van der Waals surface area contributed by atoms with Crippen LogP contribution < -0.4 is 5.73 Å². The van der Waals surface area contributed by atoms with E-state index in [-0.39, 0.29) is 0 Å². The summed E-state index contributed by atoms with van der Waals surface area (Å²) in [6.07, 6.45) is 0. The van der Waals surface area contributed by atoms with Crippen molar-refractivity contribution in [2.45, 2.75) is 6.92 Å². The monoisotopic (exact) mass is 190 g/mol. The predicted molar refractivity (Wildman–Crippen MR) is 54.4 cm³/mol. The molecular weight excluding hydrogens is 180 g/mol. The van der Waals surface area contributed by atoms with E-state index in [4.69, 9.17) is 10.8 Å². The Bertz CT molecular complexity index is 514. The molecule has 72 valence electrons. The zero-order valence-electron chi connectivity index (χ0n) is 7.66. The molecule has 0 saturated carbocycles. The van der Waals surface area contributed by atoms with Crippen LogP contribution in [0.5, 0.6) is 0 Å². The average molecular weight is 190 g/mol. The second-order valence-corrected chi connectivity index (χ2v) is 3.20. The van der Waals surface area contributed by atoms with Gasteiger partial charge in [-0.3, -0.25) is 0 Å². The van der Waals surface area contributed by atoms with Crippen LogP contribution in [0.3, 0.4) is 0 Å². The topological polar surface area (TPSA) is 79.1 Å². The number of anilines is 1. The van der Waals surface area contributed by atoms with Crippen LogP contribution in [0.25, 0.3) is 10.9 Å². The number of nitrogen functional groups attached to an aromatic ring is 1. The van der Waals surface area contributed by atoms with Crippen molar-refractivity contribution in [3.05, 3.63) is 29.5 Å². The number of H-pyrrole nitrogens is 1. The van der Waals surface area contributed by atoms with Gasteiger partial charge in [0.25, 0.3) is 0 Å². The summed E-state index contributed by atoms with van der Waals surface area (Å²) < 4.78 is 0. The largest absolute Gasteiger partial charge is 0.478 e. The number of hydrogen-bond donors (Lipinski definition) is 3. The lowest BCUT2D eigenvalue weighted by Crippen LogP contribution is -1.96. The molecule has 0 bridgehead atoms. The highest BCUT2D eigenvalue weighted by molar-refractivity contribution is 6.07. The minimum atomic E-state index is -0.931. The maximum atomic E-state index is 10.9. The highest BCUT2D eigenvalue weighted by atomic mass is 16.4. The molecule has 0 aliphatic heterocycles. The van der Waals surface area contributed by atoms with E-state index >= 15 is 0 Å². The number of nitrogens with one attached hydrogen (secondary N) is 1. The Morgan fingerprint density at radius 2 is 2.21 bits per heavy atom. The standard InChI is InChI=1S/C10H10N2O2/c1-5-8(10(13)14)6-3-2-4-7(11)9(6)12-5/h2-4,12H,11H2,1H3,(H,13,14). The number of para-hydroxylation sites is 1. The van der Waals surface area contributed by atoms with Crippen molar-refractivity contribution in [2.24, 2.45) is 0 Å². The number of hydrogen-bond acceptors (Lipinski definition) is 2. The lowest BCUT2D eigenvalue weighted by atomic mass is 10.1. The lowest BCUT2D eigenvalue weighted by molar-refractivity contribution is 0.0698. The fraction of sp³-hybridized carbons (Fsp3) is 0.100. The Morgan fingerprint density at radius 1 is 1.50 bits per heavy atom. The van der Waals surface area contributed by atoms with E-state index in [1.54, 1.807) is 25.1 Å². The van der Waals surface area contributed by atoms with Crippen molar-refractivity contribution < 1.29 is 9.90 Å². The van der Waals surface area contributed by atoms with Gasteiger partial charge in [-0.05, 0) is 13.0 Å². The molecule has 0 aliphatic carbocycles. The molecule has 0 amide bonds. The van der Waals surface area contributed by atoms with Crippen LogP contribution in [0.2, 0.25) is 0 Å². The number of aromatic nitrogens is 1. The molecule has 0 unspecified atom stereocenters. The van der Waals surface area contributed by atoms with E-state index in [0.29, 0.717) is 27.8 Å².